The number of nitrogens with zero attached hydrogens (tertiary/aromatic N) is 6. The zero-order valence-corrected chi connectivity index (χ0v) is 21.3. The van der Waals surface area contributed by atoms with E-state index in [0.717, 1.165) is 18.5 Å². The number of carbonyl (C=O) groups is 2. The van der Waals surface area contributed by atoms with Gasteiger partial charge in [0, 0.05) is 52.5 Å². The minimum absolute atomic E-state index is 0. The third-order valence-corrected chi connectivity index (χ3v) is 4.99. The molecule has 10 nitrogen and oxygen atoms in total. The lowest BCUT2D eigenvalue weighted by molar-refractivity contribution is -0.120. The van der Waals surface area contributed by atoms with Crippen LogP contribution in [0.25, 0.3) is 0 Å². The molecular weight excluding hydrogens is 513 g/mol. The summed E-state index contributed by atoms with van der Waals surface area (Å²) in [4.78, 5) is 34.9. The quantitative estimate of drug-likeness (QED) is 0.343. The van der Waals surface area contributed by atoms with E-state index in [1.165, 1.54) is 0 Å². The van der Waals surface area contributed by atoms with Crippen LogP contribution in [0, 0.1) is 0 Å². The molecule has 3 rings (SSSR count). The number of aromatic nitrogens is 2. The standard InChI is InChI=1S/C20H33N7O3.HI/c1-20(2,3)30-19(29)27(15-6-7-15)9-8-22-18(21-4)25-10-11-26(17(28)14-25)16-12-23-24(5)13-16;/h12-13,15H,6-11,14H2,1-5H3,(H,21,22);1H. The third-order valence-electron chi connectivity index (χ3n) is 4.99. The Labute approximate surface area is 201 Å². The highest BCUT2D eigenvalue weighted by atomic mass is 127. The molecule has 0 radical (unpaired) electrons. The van der Waals surface area contributed by atoms with E-state index in [1.54, 1.807) is 27.7 Å². The Hall–Kier alpha value is -2.05. The third kappa shape index (κ3) is 6.97. The molecule has 1 aliphatic heterocycles. The summed E-state index contributed by atoms with van der Waals surface area (Å²) in [6.07, 6.45) is 5.28. The molecule has 1 aliphatic carbocycles. The van der Waals surface area contributed by atoms with E-state index in [2.05, 4.69) is 15.4 Å². The number of nitrogens with one attached hydrogen (secondary N) is 1. The molecule has 2 fully saturated rings. The average Bonchev–Trinajstić information content (AvgIpc) is 3.40. The summed E-state index contributed by atoms with van der Waals surface area (Å²) < 4.78 is 7.22. The van der Waals surface area contributed by atoms with Crippen molar-refractivity contribution in [3.63, 3.8) is 0 Å². The molecule has 0 spiro atoms. The number of hydrogen-bond acceptors (Lipinski definition) is 5. The summed E-state index contributed by atoms with van der Waals surface area (Å²) in [7, 11) is 3.53. The van der Waals surface area contributed by atoms with Crippen LogP contribution in [0.3, 0.4) is 0 Å². The van der Waals surface area contributed by atoms with E-state index < -0.39 is 5.60 Å². The zero-order valence-electron chi connectivity index (χ0n) is 19.0. The molecule has 1 saturated carbocycles. The largest absolute Gasteiger partial charge is 0.444 e. The van der Waals surface area contributed by atoms with E-state index in [9.17, 15) is 9.59 Å². The van der Waals surface area contributed by atoms with Gasteiger partial charge < -0.3 is 24.8 Å². The number of halogens is 1. The van der Waals surface area contributed by atoms with Crippen molar-refractivity contribution >= 4 is 47.6 Å². The first-order valence-electron chi connectivity index (χ1n) is 10.4. The molecule has 1 aromatic rings. The number of rotatable bonds is 5. The molecule has 0 bridgehead atoms. The fraction of sp³-hybridized carbons (Fsp3) is 0.700. The van der Waals surface area contributed by atoms with Crippen molar-refractivity contribution in [1.29, 1.82) is 0 Å². The van der Waals surface area contributed by atoms with Gasteiger partial charge in [-0.1, -0.05) is 0 Å². The van der Waals surface area contributed by atoms with Crippen molar-refractivity contribution in [3.05, 3.63) is 12.4 Å². The monoisotopic (exact) mass is 547 g/mol. The Morgan fingerprint density at radius 1 is 1.35 bits per heavy atom. The van der Waals surface area contributed by atoms with Crippen LogP contribution >= 0.6 is 24.0 Å². The Morgan fingerprint density at radius 3 is 2.58 bits per heavy atom. The van der Waals surface area contributed by atoms with Gasteiger partial charge in [-0.25, -0.2) is 4.79 Å². The fourth-order valence-corrected chi connectivity index (χ4v) is 3.42. The van der Waals surface area contributed by atoms with Gasteiger partial charge in [-0.3, -0.25) is 14.5 Å². The summed E-state index contributed by atoms with van der Waals surface area (Å²) in [5, 5.41) is 7.43. The molecule has 2 aliphatic rings. The summed E-state index contributed by atoms with van der Waals surface area (Å²) in [6.45, 7) is 8.17. The predicted octanol–water partition coefficient (Wildman–Crippen LogP) is 1.66. The van der Waals surface area contributed by atoms with Crippen molar-refractivity contribution in [2.75, 3.05) is 44.7 Å². The van der Waals surface area contributed by atoms with Crippen molar-refractivity contribution in [3.8, 4) is 0 Å². The van der Waals surface area contributed by atoms with Crippen LogP contribution < -0.4 is 10.2 Å². The van der Waals surface area contributed by atoms with E-state index in [4.69, 9.17) is 4.74 Å². The zero-order chi connectivity index (χ0) is 21.9. The average molecular weight is 547 g/mol. The highest BCUT2D eigenvalue weighted by molar-refractivity contribution is 14.0. The van der Waals surface area contributed by atoms with Crippen LogP contribution in [0.5, 0.6) is 0 Å². The van der Waals surface area contributed by atoms with E-state index in [-0.39, 0.29) is 48.6 Å². The first kappa shape index (κ1) is 25.2. The lowest BCUT2D eigenvalue weighted by Crippen LogP contribution is -2.56. The first-order valence-corrected chi connectivity index (χ1v) is 10.4. The van der Waals surface area contributed by atoms with E-state index in [1.807, 2.05) is 38.9 Å². The minimum atomic E-state index is -0.512. The van der Waals surface area contributed by atoms with Crippen molar-refractivity contribution < 1.29 is 14.3 Å². The van der Waals surface area contributed by atoms with Gasteiger partial charge in [-0.15, -0.1) is 24.0 Å². The van der Waals surface area contributed by atoms with Gasteiger partial charge in [0.1, 0.15) is 12.1 Å². The van der Waals surface area contributed by atoms with Gasteiger partial charge in [0.15, 0.2) is 5.96 Å². The van der Waals surface area contributed by atoms with Crippen LogP contribution in [0.4, 0.5) is 10.5 Å². The van der Waals surface area contributed by atoms with Crippen molar-refractivity contribution in [1.82, 2.24) is 24.9 Å². The van der Waals surface area contributed by atoms with Gasteiger partial charge in [-0.2, -0.15) is 5.10 Å². The Morgan fingerprint density at radius 2 is 2.06 bits per heavy atom. The maximum absolute atomic E-state index is 12.6. The normalized spacial score (nSPS) is 17.3. The second-order valence-corrected chi connectivity index (χ2v) is 8.72. The van der Waals surface area contributed by atoms with Gasteiger partial charge in [-0.05, 0) is 33.6 Å². The number of amides is 2. The van der Waals surface area contributed by atoms with E-state index >= 15 is 0 Å². The SMILES string of the molecule is CN=C(NCCN(C(=O)OC(C)(C)C)C1CC1)N1CCN(c2cnn(C)c2)C(=O)C1.I. The number of hydrogen-bond donors (Lipinski definition) is 1. The van der Waals surface area contributed by atoms with Crippen LogP contribution in [0.2, 0.25) is 0 Å². The van der Waals surface area contributed by atoms with Gasteiger partial charge >= 0.3 is 6.09 Å². The number of anilines is 1. The molecule has 2 amide bonds. The molecule has 1 saturated heterocycles. The molecule has 2 heterocycles. The number of aliphatic imine (C=N–C) groups is 1. The summed E-state index contributed by atoms with van der Waals surface area (Å²) in [5.41, 5.74) is 0.296. The topological polar surface area (TPSA) is 95.3 Å². The van der Waals surface area contributed by atoms with Crippen LogP contribution in [0.1, 0.15) is 33.6 Å². The second-order valence-electron chi connectivity index (χ2n) is 8.72. The number of ether oxygens (including phenoxy) is 1. The molecular formula is C20H34IN7O3. The minimum Gasteiger partial charge on any atom is -0.444 e. The summed E-state index contributed by atoms with van der Waals surface area (Å²) in [5.74, 6) is 0.666. The lowest BCUT2D eigenvalue weighted by atomic mass is 10.2. The Kier molecular flexibility index (Phi) is 8.55. The molecule has 174 valence electrons. The second kappa shape index (κ2) is 10.5. The van der Waals surface area contributed by atoms with E-state index in [0.29, 0.717) is 32.1 Å². The molecule has 1 N–H and O–H groups in total. The van der Waals surface area contributed by atoms with Crippen LogP contribution in [-0.2, 0) is 16.6 Å². The molecule has 11 heteroatoms. The highest BCUT2D eigenvalue weighted by Crippen LogP contribution is 2.28. The smallest absolute Gasteiger partial charge is 0.410 e. The first-order chi connectivity index (χ1) is 14.2. The predicted molar refractivity (Wildman–Crippen MR) is 130 cm³/mol. The maximum atomic E-state index is 12.6. The van der Waals surface area contributed by atoms with Crippen molar-refractivity contribution in [2.24, 2.45) is 12.0 Å². The van der Waals surface area contributed by atoms with Crippen LogP contribution in [-0.4, -0.2) is 89.0 Å². The Balaban J connectivity index is 0.00000341. The van der Waals surface area contributed by atoms with Gasteiger partial charge in [0.25, 0.3) is 0 Å². The lowest BCUT2D eigenvalue weighted by Gasteiger charge is -2.35. The molecule has 0 atom stereocenters. The number of piperazine rings is 1. The maximum Gasteiger partial charge on any atom is 0.410 e. The van der Waals surface area contributed by atoms with Gasteiger partial charge in [0.05, 0.1) is 11.9 Å². The fourth-order valence-electron chi connectivity index (χ4n) is 3.42. The molecule has 0 aromatic carbocycles. The summed E-state index contributed by atoms with van der Waals surface area (Å²) in [6, 6.07) is 0.258. The molecule has 31 heavy (non-hydrogen) atoms. The van der Waals surface area contributed by atoms with Crippen molar-refractivity contribution in [2.45, 2.75) is 45.3 Å². The Bertz CT molecular complexity index is 801. The summed E-state index contributed by atoms with van der Waals surface area (Å²) >= 11 is 0. The number of guanidine groups is 1. The highest BCUT2D eigenvalue weighted by Gasteiger charge is 2.35. The number of carbonyl (C=O) groups excluding carboxylic acids is 2. The van der Waals surface area contributed by atoms with Gasteiger partial charge in [0.2, 0.25) is 5.91 Å². The molecule has 1 aromatic heterocycles. The molecule has 0 unspecified atom stereocenters. The number of aryl methyl sites for hydroxylation is 1. The van der Waals surface area contributed by atoms with Crippen LogP contribution in [0.15, 0.2) is 17.4 Å².